The second-order valence-electron chi connectivity index (χ2n) is 6.03. The van der Waals surface area contributed by atoms with Crippen molar-refractivity contribution >= 4 is 28.3 Å². The molecule has 0 aliphatic carbocycles. The van der Waals surface area contributed by atoms with E-state index in [0.717, 1.165) is 15.8 Å². The molecule has 0 atom stereocenters. The van der Waals surface area contributed by atoms with Crippen LogP contribution in [0.3, 0.4) is 0 Å². The van der Waals surface area contributed by atoms with E-state index in [2.05, 4.69) is 10.4 Å². The molecular formula is C19H17N3O4. The van der Waals surface area contributed by atoms with E-state index in [0.29, 0.717) is 5.69 Å². The first-order valence-corrected chi connectivity index (χ1v) is 7.97. The van der Waals surface area contributed by atoms with Crippen LogP contribution in [0.15, 0.2) is 47.3 Å². The molecule has 0 aliphatic rings. The lowest BCUT2D eigenvalue weighted by Gasteiger charge is -2.11. The average molecular weight is 351 g/mol. The molecule has 26 heavy (non-hydrogen) atoms. The molecule has 0 saturated carbocycles. The minimum atomic E-state index is -1.26. The molecule has 0 bridgehead atoms. The van der Waals surface area contributed by atoms with Crippen LogP contribution in [0.2, 0.25) is 0 Å². The van der Waals surface area contributed by atoms with E-state index in [9.17, 15) is 19.5 Å². The van der Waals surface area contributed by atoms with Crippen molar-refractivity contribution in [1.29, 1.82) is 0 Å². The fourth-order valence-electron chi connectivity index (χ4n) is 2.78. The van der Waals surface area contributed by atoms with E-state index in [4.69, 9.17) is 0 Å². The number of aryl methyl sites for hydroxylation is 2. The Morgan fingerprint density at radius 1 is 1.12 bits per heavy atom. The third-order valence-corrected chi connectivity index (χ3v) is 4.02. The van der Waals surface area contributed by atoms with Crippen molar-refractivity contribution in [3.63, 3.8) is 0 Å². The molecule has 0 unspecified atom stereocenters. The Hall–Kier alpha value is -3.48. The molecule has 0 aliphatic heterocycles. The van der Waals surface area contributed by atoms with Crippen LogP contribution in [0, 0.1) is 13.8 Å². The van der Waals surface area contributed by atoms with E-state index in [1.54, 1.807) is 18.2 Å². The van der Waals surface area contributed by atoms with Crippen LogP contribution < -0.4 is 10.9 Å². The van der Waals surface area contributed by atoms with Gasteiger partial charge in [-0.05, 0) is 31.5 Å². The highest BCUT2D eigenvalue weighted by atomic mass is 16.4. The summed E-state index contributed by atoms with van der Waals surface area (Å²) in [6.45, 7) is 3.44. The summed E-state index contributed by atoms with van der Waals surface area (Å²) in [6.07, 6.45) is 0. The Balaban J connectivity index is 1.95. The number of nitrogens with zero attached hydrogens (tertiary/aromatic N) is 2. The van der Waals surface area contributed by atoms with Gasteiger partial charge >= 0.3 is 5.97 Å². The largest absolute Gasteiger partial charge is 0.476 e. The van der Waals surface area contributed by atoms with E-state index in [1.807, 2.05) is 26.0 Å². The number of benzene rings is 2. The fraction of sp³-hybridized carbons (Fsp3) is 0.158. The molecule has 3 rings (SSSR count). The van der Waals surface area contributed by atoms with E-state index >= 15 is 0 Å². The normalized spacial score (nSPS) is 10.7. The summed E-state index contributed by atoms with van der Waals surface area (Å²) < 4.78 is 0.880. The lowest BCUT2D eigenvalue weighted by molar-refractivity contribution is -0.117. The lowest BCUT2D eigenvalue weighted by Crippen LogP contribution is -2.31. The number of anilines is 1. The Morgan fingerprint density at radius 3 is 2.46 bits per heavy atom. The molecule has 0 saturated heterocycles. The summed E-state index contributed by atoms with van der Waals surface area (Å²) in [6, 6.07) is 11.9. The molecule has 7 heteroatoms. The number of fused-ring (bicyclic) bond motifs is 1. The number of carbonyl (C=O) groups excluding carboxylic acids is 1. The molecule has 0 fully saturated rings. The van der Waals surface area contributed by atoms with Crippen LogP contribution in [0.4, 0.5) is 5.69 Å². The van der Waals surface area contributed by atoms with Gasteiger partial charge in [0.1, 0.15) is 6.54 Å². The highest BCUT2D eigenvalue weighted by Gasteiger charge is 2.17. The first kappa shape index (κ1) is 17.3. The van der Waals surface area contributed by atoms with Crippen molar-refractivity contribution in [2.75, 3.05) is 5.32 Å². The molecule has 2 N–H and O–H groups in total. The van der Waals surface area contributed by atoms with Gasteiger partial charge in [0.25, 0.3) is 5.56 Å². The monoisotopic (exact) mass is 351 g/mol. The lowest BCUT2D eigenvalue weighted by atomic mass is 10.1. The summed E-state index contributed by atoms with van der Waals surface area (Å²) in [5.74, 6) is -1.72. The minimum absolute atomic E-state index is 0.208. The Kier molecular flexibility index (Phi) is 4.53. The molecule has 7 nitrogen and oxygen atoms in total. The number of aromatic carboxylic acids is 1. The van der Waals surface area contributed by atoms with Crippen LogP contribution in [0.5, 0.6) is 0 Å². The van der Waals surface area contributed by atoms with Crippen LogP contribution in [-0.4, -0.2) is 26.8 Å². The van der Waals surface area contributed by atoms with Crippen molar-refractivity contribution in [2.45, 2.75) is 20.4 Å². The number of carbonyl (C=O) groups is 2. The number of rotatable bonds is 4. The van der Waals surface area contributed by atoms with Gasteiger partial charge in [-0.25, -0.2) is 9.48 Å². The number of nitrogens with one attached hydrogen (secondary N) is 1. The zero-order valence-corrected chi connectivity index (χ0v) is 14.3. The van der Waals surface area contributed by atoms with Gasteiger partial charge in [-0.2, -0.15) is 5.10 Å². The summed E-state index contributed by atoms with van der Waals surface area (Å²) >= 11 is 0. The van der Waals surface area contributed by atoms with Gasteiger partial charge in [-0.1, -0.05) is 35.9 Å². The van der Waals surface area contributed by atoms with Gasteiger partial charge < -0.3 is 10.4 Å². The second kappa shape index (κ2) is 6.79. The molecular weight excluding hydrogens is 334 g/mol. The number of hydrogen-bond donors (Lipinski definition) is 2. The van der Waals surface area contributed by atoms with E-state index in [-0.39, 0.29) is 23.0 Å². The van der Waals surface area contributed by atoms with Crippen molar-refractivity contribution in [3.05, 3.63) is 69.6 Å². The van der Waals surface area contributed by atoms with Gasteiger partial charge in [-0.15, -0.1) is 0 Å². The third kappa shape index (κ3) is 3.32. The topological polar surface area (TPSA) is 101 Å². The smallest absolute Gasteiger partial charge is 0.357 e. The van der Waals surface area contributed by atoms with Crippen LogP contribution in [0.25, 0.3) is 10.8 Å². The quantitative estimate of drug-likeness (QED) is 0.751. The standard InChI is InChI=1S/C19H17N3O4/c1-11-7-8-15(12(2)9-11)20-16(23)10-22-18(24)14-6-4-3-5-13(14)17(21-22)19(25)26/h3-9H,10H2,1-2H3,(H,20,23)(H,25,26). The maximum absolute atomic E-state index is 12.5. The molecule has 1 heterocycles. The predicted octanol–water partition coefficient (Wildman–Crippen LogP) is 2.35. The minimum Gasteiger partial charge on any atom is -0.476 e. The van der Waals surface area contributed by atoms with Crippen LogP contribution in [-0.2, 0) is 11.3 Å². The zero-order valence-electron chi connectivity index (χ0n) is 14.3. The van der Waals surface area contributed by atoms with Gasteiger partial charge in [-0.3, -0.25) is 9.59 Å². The van der Waals surface area contributed by atoms with Crippen LogP contribution >= 0.6 is 0 Å². The summed E-state index contributed by atoms with van der Waals surface area (Å²) in [5, 5.41) is 16.4. The van der Waals surface area contributed by atoms with Gasteiger partial charge in [0.15, 0.2) is 5.69 Å². The van der Waals surface area contributed by atoms with Crippen LogP contribution in [0.1, 0.15) is 21.6 Å². The van der Waals surface area contributed by atoms with Gasteiger partial charge in [0.05, 0.1) is 5.39 Å². The first-order valence-electron chi connectivity index (χ1n) is 7.97. The molecule has 2 aromatic carbocycles. The number of carboxylic acid groups (broad SMARTS) is 1. The van der Waals surface area contributed by atoms with Crippen molar-refractivity contribution < 1.29 is 14.7 Å². The number of aromatic nitrogens is 2. The fourth-order valence-corrected chi connectivity index (χ4v) is 2.78. The van der Waals surface area contributed by atoms with Crippen molar-refractivity contribution in [1.82, 2.24) is 9.78 Å². The number of carboxylic acids is 1. The molecule has 3 aromatic rings. The number of amides is 1. The highest BCUT2D eigenvalue weighted by Crippen LogP contribution is 2.16. The molecule has 0 radical (unpaired) electrons. The second-order valence-corrected chi connectivity index (χ2v) is 6.03. The van der Waals surface area contributed by atoms with Gasteiger partial charge in [0.2, 0.25) is 5.91 Å². The maximum atomic E-state index is 12.5. The van der Waals surface area contributed by atoms with Gasteiger partial charge in [0, 0.05) is 11.1 Å². The van der Waals surface area contributed by atoms with E-state index in [1.165, 1.54) is 12.1 Å². The Bertz CT molecular complexity index is 1090. The summed E-state index contributed by atoms with van der Waals surface area (Å²) in [4.78, 5) is 36.3. The zero-order chi connectivity index (χ0) is 18.8. The summed E-state index contributed by atoms with van der Waals surface area (Å²) in [5.41, 5.74) is 1.82. The number of hydrogen-bond acceptors (Lipinski definition) is 4. The average Bonchev–Trinajstić information content (AvgIpc) is 2.59. The molecule has 0 spiro atoms. The maximum Gasteiger partial charge on any atom is 0.357 e. The molecule has 132 valence electrons. The van der Waals surface area contributed by atoms with Crippen molar-refractivity contribution in [3.8, 4) is 0 Å². The molecule has 1 aromatic heterocycles. The Morgan fingerprint density at radius 2 is 1.81 bits per heavy atom. The molecule has 1 amide bonds. The highest BCUT2D eigenvalue weighted by molar-refractivity contribution is 6.01. The Labute approximate surface area is 148 Å². The van der Waals surface area contributed by atoms with Crippen molar-refractivity contribution in [2.24, 2.45) is 0 Å². The summed E-state index contributed by atoms with van der Waals surface area (Å²) in [7, 11) is 0. The third-order valence-electron chi connectivity index (χ3n) is 4.02. The SMILES string of the molecule is Cc1ccc(NC(=O)Cn2nc(C(=O)O)c3ccccc3c2=O)c(C)c1. The predicted molar refractivity (Wildman–Crippen MR) is 97.5 cm³/mol. The van der Waals surface area contributed by atoms with E-state index < -0.39 is 17.4 Å². The first-order chi connectivity index (χ1) is 12.4.